The predicted octanol–water partition coefficient (Wildman–Crippen LogP) is 5.18. The van der Waals surface area contributed by atoms with Crippen molar-refractivity contribution in [3.05, 3.63) is 65.8 Å². The molecule has 184 valence electrons. The van der Waals surface area contributed by atoms with Crippen LogP contribution >= 0.6 is 11.6 Å². The number of hydrogen-bond donors (Lipinski definition) is 1. The molecule has 0 aliphatic carbocycles. The maximum atomic E-state index is 13.2. The molecule has 1 aromatic heterocycles. The van der Waals surface area contributed by atoms with Gasteiger partial charge in [0.05, 0.1) is 11.8 Å². The Morgan fingerprint density at radius 1 is 1.20 bits per heavy atom. The molecule has 1 N–H and O–H groups in total. The van der Waals surface area contributed by atoms with Crippen LogP contribution < -0.4 is 5.32 Å². The maximum absolute atomic E-state index is 13.2. The quantitative estimate of drug-likeness (QED) is 0.444. The second-order valence-electron chi connectivity index (χ2n) is 9.22. The van der Waals surface area contributed by atoms with Gasteiger partial charge in [-0.1, -0.05) is 61.8 Å². The molecule has 2 heterocycles. The molecular formula is C27H31ClN4O3. The Labute approximate surface area is 211 Å². The Balaban J connectivity index is 1.57. The summed E-state index contributed by atoms with van der Waals surface area (Å²) in [4.78, 5) is 32.4. The van der Waals surface area contributed by atoms with Gasteiger partial charge in [0.15, 0.2) is 0 Å². The number of amides is 2. The normalized spacial score (nSPS) is 15.4. The lowest BCUT2D eigenvalue weighted by molar-refractivity contribution is -0.136. The largest absolute Gasteiger partial charge is 0.376 e. The van der Waals surface area contributed by atoms with Crippen LogP contribution in [-0.2, 0) is 14.3 Å². The van der Waals surface area contributed by atoms with Gasteiger partial charge in [0, 0.05) is 42.0 Å². The molecule has 1 fully saturated rings. The summed E-state index contributed by atoms with van der Waals surface area (Å²) in [6, 6.07) is 17.1. The Morgan fingerprint density at radius 3 is 2.69 bits per heavy atom. The number of halogens is 1. The first-order chi connectivity index (χ1) is 16.9. The van der Waals surface area contributed by atoms with Crippen LogP contribution in [0, 0.1) is 5.92 Å². The van der Waals surface area contributed by atoms with E-state index in [1.54, 1.807) is 15.5 Å². The van der Waals surface area contributed by atoms with E-state index in [1.165, 1.54) is 0 Å². The number of carbonyl (C=O) groups excluding carboxylic acids is 2. The number of benzene rings is 2. The van der Waals surface area contributed by atoms with Crippen molar-refractivity contribution in [2.45, 2.75) is 39.2 Å². The number of nitrogens with zero attached hydrogens (tertiary/aromatic N) is 3. The second-order valence-corrected chi connectivity index (χ2v) is 9.66. The Kier molecular flexibility index (Phi) is 8.21. The summed E-state index contributed by atoms with van der Waals surface area (Å²) >= 11 is 6.23. The molecule has 0 saturated carbocycles. The van der Waals surface area contributed by atoms with Crippen molar-refractivity contribution in [3.8, 4) is 16.9 Å². The fraction of sp³-hybridized carbons (Fsp3) is 0.370. The molecule has 1 unspecified atom stereocenters. The number of anilines is 1. The van der Waals surface area contributed by atoms with Gasteiger partial charge < -0.3 is 9.64 Å². The van der Waals surface area contributed by atoms with E-state index in [9.17, 15) is 9.59 Å². The number of hydrogen-bond acceptors (Lipinski definition) is 4. The molecule has 1 aliphatic heterocycles. The van der Waals surface area contributed by atoms with E-state index in [4.69, 9.17) is 21.3 Å². The van der Waals surface area contributed by atoms with Crippen molar-refractivity contribution in [1.82, 2.24) is 14.5 Å². The molecule has 35 heavy (non-hydrogen) atoms. The van der Waals surface area contributed by atoms with E-state index in [0.717, 1.165) is 24.1 Å². The van der Waals surface area contributed by atoms with Crippen molar-refractivity contribution in [2.75, 3.05) is 25.0 Å². The van der Waals surface area contributed by atoms with Crippen molar-refractivity contribution >= 4 is 29.4 Å². The highest BCUT2D eigenvalue weighted by atomic mass is 35.5. The first-order valence-corrected chi connectivity index (χ1v) is 12.4. The van der Waals surface area contributed by atoms with E-state index in [2.05, 4.69) is 5.32 Å². The van der Waals surface area contributed by atoms with E-state index in [-0.39, 0.29) is 30.4 Å². The lowest BCUT2D eigenvalue weighted by Gasteiger charge is -2.25. The van der Waals surface area contributed by atoms with Gasteiger partial charge in [0.2, 0.25) is 17.8 Å². The zero-order valence-electron chi connectivity index (χ0n) is 20.1. The highest BCUT2D eigenvalue weighted by molar-refractivity contribution is 6.30. The van der Waals surface area contributed by atoms with Crippen LogP contribution in [0.3, 0.4) is 0 Å². The zero-order valence-corrected chi connectivity index (χ0v) is 20.9. The Hall–Kier alpha value is -3.16. The summed E-state index contributed by atoms with van der Waals surface area (Å²) in [5, 5.41) is 3.50. The van der Waals surface area contributed by atoms with Gasteiger partial charge in [0.1, 0.15) is 6.54 Å². The fourth-order valence-corrected chi connectivity index (χ4v) is 4.33. The van der Waals surface area contributed by atoms with Crippen LogP contribution in [-0.4, -0.2) is 52.1 Å². The molecule has 8 heteroatoms. The fourth-order valence-electron chi connectivity index (χ4n) is 4.14. The average molecular weight is 495 g/mol. The summed E-state index contributed by atoms with van der Waals surface area (Å²) in [6.07, 6.45) is 4.09. The van der Waals surface area contributed by atoms with Gasteiger partial charge in [0.25, 0.3) is 0 Å². The Bertz CT molecular complexity index is 1160. The van der Waals surface area contributed by atoms with Crippen LogP contribution in [0.25, 0.3) is 16.9 Å². The molecule has 3 aromatic rings. The molecule has 7 nitrogen and oxygen atoms in total. The third-order valence-electron chi connectivity index (χ3n) is 5.83. The van der Waals surface area contributed by atoms with Gasteiger partial charge in [-0.25, -0.2) is 4.98 Å². The highest BCUT2D eigenvalue weighted by Crippen LogP contribution is 2.25. The lowest BCUT2D eigenvalue weighted by atomic mass is 10.1. The summed E-state index contributed by atoms with van der Waals surface area (Å²) in [7, 11) is 0. The van der Waals surface area contributed by atoms with Crippen LogP contribution in [0.1, 0.15) is 33.1 Å². The van der Waals surface area contributed by atoms with Crippen LogP contribution in [0.5, 0.6) is 0 Å². The lowest BCUT2D eigenvalue weighted by Crippen LogP contribution is -2.42. The van der Waals surface area contributed by atoms with Crippen molar-refractivity contribution in [1.29, 1.82) is 0 Å². The molecule has 0 bridgehead atoms. The van der Waals surface area contributed by atoms with Crippen molar-refractivity contribution in [3.63, 3.8) is 0 Å². The average Bonchev–Trinajstić information content (AvgIpc) is 3.49. The molecule has 0 radical (unpaired) electrons. The number of imidazole rings is 1. The third-order valence-corrected chi connectivity index (χ3v) is 6.07. The Morgan fingerprint density at radius 2 is 2.00 bits per heavy atom. The SMILES string of the molecule is CC(C)CC(=O)N(CC(=O)Nc1nc(-c2ccccc2)cn1-c1cccc(Cl)c1)CC1CCCO1. The minimum Gasteiger partial charge on any atom is -0.376 e. The molecule has 4 rings (SSSR count). The molecule has 1 atom stereocenters. The van der Waals surface area contributed by atoms with E-state index < -0.39 is 0 Å². The van der Waals surface area contributed by atoms with Crippen molar-refractivity contribution < 1.29 is 14.3 Å². The van der Waals surface area contributed by atoms with Crippen LogP contribution in [0.4, 0.5) is 5.95 Å². The first-order valence-electron chi connectivity index (χ1n) is 12.0. The van der Waals surface area contributed by atoms with Gasteiger partial charge in [-0.3, -0.25) is 19.5 Å². The zero-order chi connectivity index (χ0) is 24.8. The topological polar surface area (TPSA) is 76.5 Å². The maximum Gasteiger partial charge on any atom is 0.246 e. The summed E-state index contributed by atoms with van der Waals surface area (Å²) < 4.78 is 7.52. The summed E-state index contributed by atoms with van der Waals surface area (Å²) in [6.45, 7) is 5.04. The number of rotatable bonds is 9. The third kappa shape index (κ3) is 6.71. The number of carbonyl (C=O) groups is 2. The molecule has 2 amide bonds. The van der Waals surface area contributed by atoms with Crippen LogP contribution in [0.2, 0.25) is 5.02 Å². The van der Waals surface area contributed by atoms with Gasteiger partial charge >= 0.3 is 0 Å². The van der Waals surface area contributed by atoms with Gasteiger partial charge in [-0.15, -0.1) is 0 Å². The molecular weight excluding hydrogens is 464 g/mol. The highest BCUT2D eigenvalue weighted by Gasteiger charge is 2.25. The number of nitrogens with one attached hydrogen (secondary N) is 1. The van der Waals surface area contributed by atoms with Crippen LogP contribution in [0.15, 0.2) is 60.8 Å². The molecule has 0 spiro atoms. The van der Waals surface area contributed by atoms with Gasteiger partial charge in [-0.2, -0.15) is 0 Å². The smallest absolute Gasteiger partial charge is 0.246 e. The standard InChI is InChI=1S/C27H31ClN4O3/c1-19(2)14-26(34)31(16-23-12-7-13-35-23)18-25(33)30-27-29-24(20-8-4-3-5-9-20)17-32(27)22-11-6-10-21(28)15-22/h3-6,8-11,15,17,19,23H,7,12-14,16,18H2,1-2H3,(H,29,30,33). The molecule has 2 aromatic carbocycles. The number of aromatic nitrogens is 2. The molecule has 1 saturated heterocycles. The summed E-state index contributed by atoms with van der Waals surface area (Å²) in [5.74, 6) is 0.208. The monoisotopic (exact) mass is 494 g/mol. The second kappa shape index (κ2) is 11.5. The predicted molar refractivity (Wildman–Crippen MR) is 138 cm³/mol. The minimum absolute atomic E-state index is 0.0305. The first kappa shape index (κ1) is 24.9. The van der Waals surface area contributed by atoms with Gasteiger partial charge in [-0.05, 0) is 37.0 Å². The summed E-state index contributed by atoms with van der Waals surface area (Å²) in [5.41, 5.74) is 2.42. The number of ether oxygens (including phenoxy) is 1. The van der Waals surface area contributed by atoms with Crippen molar-refractivity contribution in [2.24, 2.45) is 5.92 Å². The van der Waals surface area contributed by atoms with E-state index >= 15 is 0 Å². The minimum atomic E-state index is -0.311. The van der Waals surface area contributed by atoms with E-state index in [1.807, 2.05) is 68.6 Å². The molecule has 1 aliphatic rings. The van der Waals surface area contributed by atoms with E-state index in [0.29, 0.717) is 36.2 Å².